The first-order valence-corrected chi connectivity index (χ1v) is 6.72. The van der Waals surface area contributed by atoms with Gasteiger partial charge in [-0.1, -0.05) is 0 Å². The van der Waals surface area contributed by atoms with Gasteiger partial charge in [0, 0.05) is 11.8 Å². The van der Waals surface area contributed by atoms with E-state index in [1.165, 1.54) is 10.6 Å². The van der Waals surface area contributed by atoms with Gasteiger partial charge in [-0.3, -0.25) is 4.79 Å². The van der Waals surface area contributed by atoms with Crippen LogP contribution in [0, 0.1) is 5.82 Å². The molecule has 2 aromatic heterocycles. The Hall–Kier alpha value is -2.35. The highest BCUT2D eigenvalue weighted by molar-refractivity contribution is 9.10. The van der Waals surface area contributed by atoms with Gasteiger partial charge in [0.2, 0.25) is 0 Å². The third kappa shape index (κ3) is 2.62. The molecule has 0 spiro atoms. The largest absolute Gasteiger partial charge is 0.481 e. The minimum Gasteiger partial charge on any atom is -0.481 e. The Bertz CT molecular complexity index is 849. The molecule has 0 aliphatic carbocycles. The second-order valence-corrected chi connectivity index (χ2v) is 5.12. The van der Waals surface area contributed by atoms with Gasteiger partial charge in [0.25, 0.3) is 5.78 Å². The van der Waals surface area contributed by atoms with Crippen molar-refractivity contribution in [2.24, 2.45) is 0 Å². The Labute approximate surface area is 126 Å². The Balaban J connectivity index is 2.15. The van der Waals surface area contributed by atoms with Gasteiger partial charge in [-0.15, -0.1) is 5.10 Å². The minimum atomic E-state index is -1.02. The molecule has 3 aromatic rings. The molecule has 0 unspecified atom stereocenters. The maximum absolute atomic E-state index is 13.3. The number of benzene rings is 1. The third-order valence-corrected chi connectivity index (χ3v) is 3.42. The molecular formula is C13H8BrFN4O2. The lowest BCUT2D eigenvalue weighted by atomic mass is 10.1. The standard InChI is InChI=1S/C13H8BrFN4O2/c14-8-5-7(1-2-9(8)15)10-3-4-16-13-17-11(6-12(20)21)18-19(10)13/h1-5H,6H2,(H,20,21). The predicted molar refractivity (Wildman–Crippen MR) is 75.2 cm³/mol. The van der Waals surface area contributed by atoms with Gasteiger partial charge in [-0.25, -0.2) is 9.37 Å². The van der Waals surface area contributed by atoms with E-state index in [1.54, 1.807) is 24.4 Å². The summed E-state index contributed by atoms with van der Waals surface area (Å²) in [5, 5.41) is 12.9. The summed E-state index contributed by atoms with van der Waals surface area (Å²) in [4.78, 5) is 18.8. The lowest BCUT2D eigenvalue weighted by Gasteiger charge is -2.04. The molecule has 3 rings (SSSR count). The molecule has 2 heterocycles. The van der Waals surface area contributed by atoms with Crippen molar-refractivity contribution >= 4 is 27.7 Å². The Morgan fingerprint density at radius 1 is 1.38 bits per heavy atom. The third-order valence-electron chi connectivity index (χ3n) is 2.81. The van der Waals surface area contributed by atoms with Crippen LogP contribution in [0.4, 0.5) is 4.39 Å². The number of hydrogen-bond acceptors (Lipinski definition) is 4. The average molecular weight is 351 g/mol. The summed E-state index contributed by atoms with van der Waals surface area (Å²) in [5.41, 5.74) is 1.35. The van der Waals surface area contributed by atoms with Crippen LogP contribution < -0.4 is 0 Å². The van der Waals surface area contributed by atoms with Crippen LogP contribution in [0.15, 0.2) is 34.9 Å². The average Bonchev–Trinajstić information content (AvgIpc) is 2.83. The molecule has 21 heavy (non-hydrogen) atoms. The maximum atomic E-state index is 13.3. The number of fused-ring (bicyclic) bond motifs is 1. The molecule has 0 saturated heterocycles. The molecule has 106 valence electrons. The topological polar surface area (TPSA) is 80.4 Å². The Morgan fingerprint density at radius 2 is 2.19 bits per heavy atom. The summed E-state index contributed by atoms with van der Waals surface area (Å²) in [6, 6.07) is 6.25. The smallest absolute Gasteiger partial charge is 0.311 e. The number of aromatic nitrogens is 4. The van der Waals surface area contributed by atoms with Crippen LogP contribution in [0.5, 0.6) is 0 Å². The minimum absolute atomic E-state index is 0.170. The molecule has 8 heteroatoms. The summed E-state index contributed by atoms with van der Waals surface area (Å²) >= 11 is 3.13. The van der Waals surface area contributed by atoms with Crippen molar-refractivity contribution in [2.45, 2.75) is 6.42 Å². The van der Waals surface area contributed by atoms with Crippen molar-refractivity contribution in [1.29, 1.82) is 0 Å². The molecule has 0 aliphatic heterocycles. The number of carboxylic acids is 1. The maximum Gasteiger partial charge on any atom is 0.311 e. The van der Waals surface area contributed by atoms with E-state index in [4.69, 9.17) is 5.11 Å². The number of rotatable bonds is 3. The van der Waals surface area contributed by atoms with Crippen LogP contribution in [-0.4, -0.2) is 30.7 Å². The van der Waals surface area contributed by atoms with Gasteiger partial charge in [0.05, 0.1) is 10.2 Å². The van der Waals surface area contributed by atoms with Crippen LogP contribution in [0.3, 0.4) is 0 Å². The Morgan fingerprint density at radius 3 is 2.90 bits per heavy atom. The van der Waals surface area contributed by atoms with Crippen LogP contribution in [-0.2, 0) is 11.2 Å². The first-order chi connectivity index (χ1) is 10.0. The van der Waals surface area contributed by atoms with Crippen molar-refractivity contribution in [1.82, 2.24) is 19.6 Å². The van der Waals surface area contributed by atoms with Crippen LogP contribution in [0.25, 0.3) is 17.0 Å². The first kappa shape index (κ1) is 13.6. The quantitative estimate of drug-likeness (QED) is 0.783. The van der Waals surface area contributed by atoms with Crippen LogP contribution in [0.2, 0.25) is 0 Å². The van der Waals surface area contributed by atoms with Crippen molar-refractivity contribution in [3.63, 3.8) is 0 Å². The molecule has 1 N–H and O–H groups in total. The molecule has 6 nitrogen and oxygen atoms in total. The van der Waals surface area contributed by atoms with Crippen molar-refractivity contribution < 1.29 is 14.3 Å². The van der Waals surface area contributed by atoms with E-state index in [1.807, 2.05) is 0 Å². The molecule has 0 saturated carbocycles. The molecule has 0 fully saturated rings. The van der Waals surface area contributed by atoms with Gasteiger partial charge < -0.3 is 5.11 Å². The SMILES string of the molecule is O=C(O)Cc1nc2nccc(-c3ccc(F)c(Br)c3)n2n1. The molecule has 0 aliphatic rings. The number of halogens is 2. The lowest BCUT2D eigenvalue weighted by molar-refractivity contribution is -0.136. The van der Waals surface area contributed by atoms with Gasteiger partial charge >= 0.3 is 5.97 Å². The van der Waals surface area contributed by atoms with Gasteiger partial charge in [0.1, 0.15) is 12.2 Å². The van der Waals surface area contributed by atoms with Crippen LogP contribution >= 0.6 is 15.9 Å². The zero-order chi connectivity index (χ0) is 15.0. The molecule has 0 atom stereocenters. The fraction of sp³-hybridized carbons (Fsp3) is 0.0769. The summed E-state index contributed by atoms with van der Waals surface area (Å²) in [6.45, 7) is 0. The Kier molecular flexibility index (Phi) is 3.38. The lowest BCUT2D eigenvalue weighted by Crippen LogP contribution is -2.02. The zero-order valence-corrected chi connectivity index (χ0v) is 12.1. The summed E-state index contributed by atoms with van der Waals surface area (Å²) in [7, 11) is 0. The number of carbonyl (C=O) groups is 1. The van der Waals surface area contributed by atoms with E-state index in [0.29, 0.717) is 21.5 Å². The normalized spacial score (nSPS) is 11.0. The van der Waals surface area contributed by atoms with E-state index in [0.717, 1.165) is 0 Å². The molecule has 1 aromatic carbocycles. The zero-order valence-electron chi connectivity index (χ0n) is 10.5. The van der Waals surface area contributed by atoms with Crippen molar-refractivity contribution in [3.05, 3.63) is 46.6 Å². The van der Waals surface area contributed by atoms with Crippen molar-refractivity contribution in [2.75, 3.05) is 0 Å². The summed E-state index contributed by atoms with van der Waals surface area (Å²) < 4.78 is 15.1. The van der Waals surface area contributed by atoms with E-state index in [9.17, 15) is 9.18 Å². The van der Waals surface area contributed by atoms with Gasteiger partial charge in [-0.2, -0.15) is 9.50 Å². The number of hydrogen-bond donors (Lipinski definition) is 1. The highest BCUT2D eigenvalue weighted by atomic mass is 79.9. The highest BCUT2D eigenvalue weighted by Crippen LogP contribution is 2.25. The highest BCUT2D eigenvalue weighted by Gasteiger charge is 2.13. The first-order valence-electron chi connectivity index (χ1n) is 5.92. The molecule has 0 radical (unpaired) electrons. The van der Waals surface area contributed by atoms with Gasteiger partial charge in [0.15, 0.2) is 5.82 Å². The fourth-order valence-electron chi connectivity index (χ4n) is 1.92. The van der Waals surface area contributed by atoms with E-state index >= 15 is 0 Å². The second-order valence-electron chi connectivity index (χ2n) is 4.27. The summed E-state index contributed by atoms with van der Waals surface area (Å²) in [6.07, 6.45) is 1.26. The number of carboxylic acid groups (broad SMARTS) is 1. The van der Waals surface area contributed by atoms with E-state index in [2.05, 4.69) is 31.0 Å². The van der Waals surface area contributed by atoms with E-state index in [-0.39, 0.29) is 18.1 Å². The second kappa shape index (κ2) is 5.21. The molecule has 0 amide bonds. The fourth-order valence-corrected chi connectivity index (χ4v) is 2.30. The molecule has 0 bridgehead atoms. The van der Waals surface area contributed by atoms with Crippen LogP contribution in [0.1, 0.15) is 5.82 Å². The monoisotopic (exact) mass is 350 g/mol. The van der Waals surface area contributed by atoms with E-state index < -0.39 is 5.97 Å². The predicted octanol–water partition coefficient (Wildman–Crippen LogP) is 2.32. The number of aliphatic carboxylic acids is 1. The van der Waals surface area contributed by atoms with Gasteiger partial charge in [-0.05, 0) is 40.2 Å². The number of nitrogens with zero attached hydrogens (tertiary/aromatic N) is 4. The molecular weight excluding hydrogens is 343 g/mol. The summed E-state index contributed by atoms with van der Waals surface area (Å²) in [5.74, 6) is -0.918. The van der Waals surface area contributed by atoms with Crippen molar-refractivity contribution in [3.8, 4) is 11.3 Å².